The zero-order chi connectivity index (χ0) is 35.6. The number of aryl methyl sites for hydroxylation is 1. The van der Waals surface area contributed by atoms with Gasteiger partial charge in [-0.2, -0.15) is 4.98 Å². The van der Waals surface area contributed by atoms with Gasteiger partial charge in [0, 0.05) is 43.2 Å². The molecule has 3 heterocycles. The second-order valence-corrected chi connectivity index (χ2v) is 12.5. The van der Waals surface area contributed by atoms with Gasteiger partial charge in [-0.1, -0.05) is 36.8 Å². The average molecular weight is 692 g/mol. The summed E-state index contributed by atoms with van der Waals surface area (Å²) in [5.41, 5.74) is 5.15. The highest BCUT2D eigenvalue weighted by Gasteiger charge is 2.43. The maximum atomic E-state index is 13.9. The minimum atomic E-state index is -4.92. The van der Waals surface area contributed by atoms with E-state index in [0.29, 0.717) is 54.2 Å². The van der Waals surface area contributed by atoms with E-state index in [1.807, 2.05) is 4.90 Å². The number of pyridine rings is 1. The number of fused-ring (bicyclic) bond motifs is 1. The molecule has 1 aliphatic carbocycles. The van der Waals surface area contributed by atoms with Crippen LogP contribution in [0, 0.1) is 6.92 Å². The van der Waals surface area contributed by atoms with E-state index >= 15 is 0 Å². The number of alkyl halides is 3. The highest BCUT2D eigenvalue weighted by molar-refractivity contribution is 5.94. The Balaban J connectivity index is 1.22. The molecule has 1 saturated carbocycles. The normalized spacial score (nSPS) is 16.2. The lowest BCUT2D eigenvalue weighted by Gasteiger charge is -2.38. The quantitative estimate of drug-likeness (QED) is 0.275. The van der Waals surface area contributed by atoms with Crippen LogP contribution in [0.3, 0.4) is 0 Å². The Hall–Kier alpha value is -5.47. The van der Waals surface area contributed by atoms with Crippen LogP contribution in [0.2, 0.25) is 0 Å². The lowest BCUT2D eigenvalue weighted by molar-refractivity contribution is -0.227. The van der Waals surface area contributed by atoms with Crippen LogP contribution in [-0.2, 0) is 16.1 Å². The minimum Gasteiger partial charge on any atom is -0.433 e. The molecule has 262 valence electrons. The standard InChI is InChI=1S/C35H36F3N7O5/c1-23-27-14-15-28(46)45(26-12-10-25(11-13-26)30(47)44(35(36,37)38)22-24-8-4-2-5-9-24)29(27)41-32(40-23)42-18-20-43(21-19-42)33(49)50-34(31(39)48)16-6-3-7-17-34/h2,4-5,8-15H,3,6-7,16-22H2,1H3,(H2,39,48). The first-order chi connectivity index (χ1) is 23.9. The van der Waals surface area contributed by atoms with Crippen LogP contribution in [0.15, 0.2) is 71.5 Å². The number of benzene rings is 2. The van der Waals surface area contributed by atoms with Gasteiger partial charge in [0.1, 0.15) is 0 Å². The highest BCUT2D eigenvalue weighted by atomic mass is 19.4. The molecule has 2 aromatic heterocycles. The topological polar surface area (TPSA) is 144 Å². The highest BCUT2D eigenvalue weighted by Crippen LogP contribution is 2.32. The van der Waals surface area contributed by atoms with Gasteiger partial charge in [-0.05, 0) is 68.5 Å². The summed E-state index contributed by atoms with van der Waals surface area (Å²) >= 11 is 0. The number of halogens is 3. The van der Waals surface area contributed by atoms with Crippen LogP contribution in [0.5, 0.6) is 0 Å². The van der Waals surface area contributed by atoms with Crippen LogP contribution in [0.1, 0.15) is 53.7 Å². The van der Waals surface area contributed by atoms with E-state index in [2.05, 4.69) is 4.98 Å². The predicted molar refractivity (Wildman–Crippen MR) is 178 cm³/mol. The van der Waals surface area contributed by atoms with Gasteiger partial charge in [-0.25, -0.2) is 14.7 Å². The summed E-state index contributed by atoms with van der Waals surface area (Å²) in [5.74, 6) is -1.55. The Kier molecular flexibility index (Phi) is 9.49. The number of amides is 3. The molecule has 2 aliphatic rings. The smallest absolute Gasteiger partial charge is 0.433 e. The SMILES string of the molecule is Cc1nc(N2CCN(C(=O)OC3(C(N)=O)CCCCC3)CC2)nc2c1ccc(=O)n2-c1ccc(C(=O)N(Cc2ccccc2)C(F)(F)F)cc1. The van der Waals surface area contributed by atoms with E-state index in [0.717, 1.165) is 19.3 Å². The number of hydrogen-bond acceptors (Lipinski definition) is 8. The fourth-order valence-corrected chi connectivity index (χ4v) is 6.44. The summed E-state index contributed by atoms with van der Waals surface area (Å²) in [4.78, 5) is 64.1. The second-order valence-electron chi connectivity index (χ2n) is 12.5. The molecular formula is C35H36F3N7O5. The number of nitrogens with two attached hydrogens (primary N) is 1. The van der Waals surface area contributed by atoms with Crippen molar-refractivity contribution in [1.82, 2.24) is 24.3 Å². The maximum Gasteiger partial charge on any atom is 0.487 e. The van der Waals surface area contributed by atoms with Gasteiger partial charge in [0.2, 0.25) is 5.95 Å². The number of nitrogens with zero attached hydrogens (tertiary/aromatic N) is 6. The van der Waals surface area contributed by atoms with E-state index < -0.39 is 41.9 Å². The van der Waals surface area contributed by atoms with Crippen LogP contribution in [-0.4, -0.2) is 80.3 Å². The Morgan fingerprint density at radius 1 is 0.900 bits per heavy atom. The maximum absolute atomic E-state index is 13.9. The second kappa shape index (κ2) is 13.8. The summed E-state index contributed by atoms with van der Waals surface area (Å²) in [7, 11) is 0. The van der Waals surface area contributed by atoms with E-state index in [-0.39, 0.29) is 29.2 Å². The summed E-state index contributed by atoms with van der Waals surface area (Å²) in [6.45, 7) is 2.33. The van der Waals surface area contributed by atoms with Gasteiger partial charge in [-0.3, -0.25) is 19.0 Å². The number of hydrogen-bond donors (Lipinski definition) is 1. The Morgan fingerprint density at radius 2 is 1.56 bits per heavy atom. The summed E-state index contributed by atoms with van der Waals surface area (Å²) in [6, 6.07) is 16.1. The molecule has 6 rings (SSSR count). The van der Waals surface area contributed by atoms with E-state index in [9.17, 15) is 32.3 Å². The molecule has 0 spiro atoms. The van der Waals surface area contributed by atoms with Gasteiger partial charge in [-0.15, -0.1) is 13.2 Å². The molecule has 4 aromatic rings. The lowest BCUT2D eigenvalue weighted by atomic mass is 9.84. The van der Waals surface area contributed by atoms with Crippen molar-refractivity contribution >= 4 is 34.9 Å². The molecule has 2 N–H and O–H groups in total. The summed E-state index contributed by atoms with van der Waals surface area (Å²) < 4.78 is 48.8. The van der Waals surface area contributed by atoms with Crippen molar-refractivity contribution in [2.45, 2.75) is 57.5 Å². The predicted octanol–water partition coefficient (Wildman–Crippen LogP) is 4.70. The molecule has 1 aliphatic heterocycles. The number of anilines is 1. The molecule has 3 amide bonds. The summed E-state index contributed by atoms with van der Waals surface area (Å²) in [5, 5.41) is 0.575. The molecule has 0 bridgehead atoms. The molecule has 1 saturated heterocycles. The molecule has 0 unspecified atom stereocenters. The van der Waals surface area contributed by atoms with Crippen molar-refractivity contribution in [3.05, 3.63) is 93.9 Å². The lowest BCUT2D eigenvalue weighted by Crippen LogP contribution is -2.54. The van der Waals surface area contributed by atoms with Gasteiger partial charge in [0.15, 0.2) is 11.2 Å². The molecule has 2 fully saturated rings. The first kappa shape index (κ1) is 34.4. The Morgan fingerprint density at radius 3 is 2.18 bits per heavy atom. The third-order valence-corrected chi connectivity index (χ3v) is 9.25. The zero-order valence-electron chi connectivity index (χ0n) is 27.4. The molecule has 15 heteroatoms. The summed E-state index contributed by atoms with van der Waals surface area (Å²) in [6.07, 6.45) is -2.27. The van der Waals surface area contributed by atoms with Crippen molar-refractivity contribution in [1.29, 1.82) is 0 Å². The average Bonchev–Trinajstić information content (AvgIpc) is 3.10. The molecule has 0 radical (unpaired) electrons. The zero-order valence-corrected chi connectivity index (χ0v) is 27.4. The van der Waals surface area contributed by atoms with E-state index in [1.54, 1.807) is 31.2 Å². The fourth-order valence-electron chi connectivity index (χ4n) is 6.44. The van der Waals surface area contributed by atoms with Gasteiger partial charge in [0.05, 0.1) is 17.9 Å². The van der Waals surface area contributed by atoms with Crippen molar-refractivity contribution in [2.75, 3.05) is 31.1 Å². The number of carbonyl (C=O) groups is 3. The van der Waals surface area contributed by atoms with Crippen molar-refractivity contribution in [3.8, 4) is 5.69 Å². The largest absolute Gasteiger partial charge is 0.487 e. The van der Waals surface area contributed by atoms with Gasteiger partial charge in [0.25, 0.3) is 17.4 Å². The first-order valence-corrected chi connectivity index (χ1v) is 16.3. The van der Waals surface area contributed by atoms with Crippen LogP contribution in [0.25, 0.3) is 16.7 Å². The third kappa shape index (κ3) is 6.98. The van der Waals surface area contributed by atoms with E-state index in [1.165, 1.54) is 51.9 Å². The van der Waals surface area contributed by atoms with Crippen molar-refractivity contribution < 1.29 is 32.3 Å². The number of ether oxygens (including phenoxy) is 1. The minimum absolute atomic E-state index is 0.157. The van der Waals surface area contributed by atoms with Crippen LogP contribution < -0.4 is 16.2 Å². The fraction of sp³-hybridized carbons (Fsp3) is 0.371. The molecule has 0 atom stereocenters. The molecule has 50 heavy (non-hydrogen) atoms. The van der Waals surface area contributed by atoms with Gasteiger partial charge < -0.3 is 20.3 Å². The number of piperazine rings is 1. The van der Waals surface area contributed by atoms with Crippen molar-refractivity contribution in [3.63, 3.8) is 0 Å². The monoisotopic (exact) mass is 691 g/mol. The number of rotatable bonds is 7. The Bertz CT molecular complexity index is 1950. The van der Waals surface area contributed by atoms with E-state index in [4.69, 9.17) is 15.5 Å². The Labute approximate surface area is 285 Å². The number of primary amides is 1. The van der Waals surface area contributed by atoms with Crippen LogP contribution in [0.4, 0.5) is 23.9 Å². The number of carbonyl (C=O) groups excluding carboxylic acids is 3. The third-order valence-electron chi connectivity index (χ3n) is 9.25. The molecule has 12 nitrogen and oxygen atoms in total. The molecule has 2 aromatic carbocycles. The van der Waals surface area contributed by atoms with Crippen LogP contribution >= 0.6 is 0 Å². The first-order valence-electron chi connectivity index (χ1n) is 16.3. The number of aromatic nitrogens is 3. The van der Waals surface area contributed by atoms with Crippen molar-refractivity contribution in [2.24, 2.45) is 5.73 Å². The molecular weight excluding hydrogens is 655 g/mol. The van der Waals surface area contributed by atoms with Gasteiger partial charge >= 0.3 is 12.4 Å².